The highest BCUT2D eigenvalue weighted by Crippen LogP contribution is 2.23. The second-order valence-corrected chi connectivity index (χ2v) is 4.51. The van der Waals surface area contributed by atoms with E-state index in [9.17, 15) is 4.79 Å². The molecular weight excluding hydrogens is 296 g/mol. The van der Waals surface area contributed by atoms with Crippen molar-refractivity contribution in [2.45, 2.75) is 0 Å². The lowest BCUT2D eigenvalue weighted by molar-refractivity contribution is 0.0952. The van der Waals surface area contributed by atoms with Gasteiger partial charge in [0.15, 0.2) is 0 Å². The highest BCUT2D eigenvalue weighted by molar-refractivity contribution is 5.97. The summed E-state index contributed by atoms with van der Waals surface area (Å²) in [6, 6.07) is 12.2. The maximum Gasteiger partial charge on any atom is 0.275 e. The Bertz CT molecular complexity index is 713. The van der Waals surface area contributed by atoms with Crippen LogP contribution >= 0.6 is 0 Å². The van der Waals surface area contributed by atoms with Crippen molar-refractivity contribution >= 4 is 12.1 Å². The summed E-state index contributed by atoms with van der Waals surface area (Å²) in [6.45, 7) is 0. The number of carbonyl (C=O) groups excluding carboxylic acids is 1. The van der Waals surface area contributed by atoms with Gasteiger partial charge in [0.25, 0.3) is 5.91 Å². The minimum Gasteiger partial charge on any atom is -0.497 e. The van der Waals surface area contributed by atoms with Crippen molar-refractivity contribution in [3.63, 3.8) is 0 Å². The number of hydrogen-bond donors (Lipinski definition) is 1. The van der Waals surface area contributed by atoms with E-state index < -0.39 is 0 Å². The zero-order valence-corrected chi connectivity index (χ0v) is 13.2. The van der Waals surface area contributed by atoms with Gasteiger partial charge < -0.3 is 14.2 Å². The molecule has 0 atom stereocenters. The maximum absolute atomic E-state index is 12.1. The summed E-state index contributed by atoms with van der Waals surface area (Å²) in [5, 5.41) is 3.96. The lowest BCUT2D eigenvalue weighted by atomic mass is 10.2. The summed E-state index contributed by atoms with van der Waals surface area (Å²) in [7, 11) is 4.65. The van der Waals surface area contributed by atoms with Crippen LogP contribution in [0.1, 0.15) is 15.9 Å². The standard InChI is InChI=1S/C17H18N2O4/c1-21-13-9-8-12(16(10-13)23-3)11-18-19-17(20)14-6-4-5-7-15(14)22-2/h4-11H,1-3H3,(H,19,20). The molecular formula is C17H18N2O4. The number of ether oxygens (including phenoxy) is 3. The molecule has 23 heavy (non-hydrogen) atoms. The van der Waals surface area contributed by atoms with E-state index in [4.69, 9.17) is 14.2 Å². The Labute approximate surface area is 134 Å². The highest BCUT2D eigenvalue weighted by Gasteiger charge is 2.10. The van der Waals surface area contributed by atoms with Crippen molar-refractivity contribution in [3.8, 4) is 17.2 Å². The van der Waals surface area contributed by atoms with Crippen molar-refractivity contribution in [2.24, 2.45) is 5.10 Å². The summed E-state index contributed by atoms with van der Waals surface area (Å²) in [5.41, 5.74) is 3.59. The van der Waals surface area contributed by atoms with E-state index in [1.54, 1.807) is 56.7 Å². The molecule has 1 amide bonds. The number of methoxy groups -OCH3 is 3. The summed E-state index contributed by atoms with van der Waals surface area (Å²) in [5.74, 6) is 1.41. The first-order valence-corrected chi connectivity index (χ1v) is 6.88. The monoisotopic (exact) mass is 314 g/mol. The molecule has 6 nitrogen and oxygen atoms in total. The molecule has 0 heterocycles. The Kier molecular flexibility index (Phi) is 5.57. The third kappa shape index (κ3) is 4.00. The fraction of sp³-hybridized carbons (Fsp3) is 0.176. The molecule has 0 fully saturated rings. The summed E-state index contributed by atoms with van der Waals surface area (Å²) in [4.78, 5) is 12.1. The average Bonchev–Trinajstić information content (AvgIpc) is 2.61. The molecule has 120 valence electrons. The van der Waals surface area contributed by atoms with Gasteiger partial charge >= 0.3 is 0 Å². The predicted octanol–water partition coefficient (Wildman–Crippen LogP) is 2.48. The van der Waals surface area contributed by atoms with E-state index in [2.05, 4.69) is 10.5 Å². The molecule has 0 spiro atoms. The molecule has 2 aromatic rings. The fourth-order valence-corrected chi connectivity index (χ4v) is 1.98. The number of amides is 1. The van der Waals surface area contributed by atoms with Crippen LogP contribution in [0.4, 0.5) is 0 Å². The number of nitrogens with zero attached hydrogens (tertiary/aromatic N) is 1. The smallest absolute Gasteiger partial charge is 0.275 e. The highest BCUT2D eigenvalue weighted by atomic mass is 16.5. The molecule has 0 unspecified atom stereocenters. The first-order valence-electron chi connectivity index (χ1n) is 6.88. The predicted molar refractivity (Wildman–Crippen MR) is 87.6 cm³/mol. The van der Waals surface area contributed by atoms with Crippen LogP contribution in [-0.2, 0) is 0 Å². The van der Waals surface area contributed by atoms with Gasteiger partial charge in [-0.15, -0.1) is 0 Å². The fourth-order valence-electron chi connectivity index (χ4n) is 1.98. The number of hydrogen-bond acceptors (Lipinski definition) is 5. The molecule has 1 N–H and O–H groups in total. The number of rotatable bonds is 6. The van der Waals surface area contributed by atoms with Crippen LogP contribution in [0.15, 0.2) is 47.6 Å². The molecule has 0 saturated heterocycles. The van der Waals surface area contributed by atoms with Crippen LogP contribution in [0.25, 0.3) is 0 Å². The number of benzene rings is 2. The van der Waals surface area contributed by atoms with E-state index in [1.807, 2.05) is 0 Å². The van der Waals surface area contributed by atoms with Gasteiger partial charge in [-0.1, -0.05) is 12.1 Å². The van der Waals surface area contributed by atoms with E-state index in [0.29, 0.717) is 28.4 Å². The zero-order valence-electron chi connectivity index (χ0n) is 13.2. The lowest BCUT2D eigenvalue weighted by Crippen LogP contribution is -2.18. The molecule has 0 aliphatic heterocycles. The van der Waals surface area contributed by atoms with Gasteiger partial charge in [0.2, 0.25) is 0 Å². The van der Waals surface area contributed by atoms with Crippen LogP contribution < -0.4 is 19.6 Å². The van der Waals surface area contributed by atoms with E-state index in [0.717, 1.165) is 0 Å². The Hall–Kier alpha value is -3.02. The Morgan fingerprint density at radius 3 is 2.43 bits per heavy atom. The van der Waals surface area contributed by atoms with Gasteiger partial charge in [0, 0.05) is 11.6 Å². The molecule has 0 aromatic heterocycles. The maximum atomic E-state index is 12.1. The van der Waals surface area contributed by atoms with Gasteiger partial charge in [-0.25, -0.2) is 5.43 Å². The van der Waals surface area contributed by atoms with Gasteiger partial charge in [-0.3, -0.25) is 4.79 Å². The molecule has 0 aliphatic carbocycles. The van der Waals surface area contributed by atoms with Crippen molar-refractivity contribution in [1.82, 2.24) is 5.43 Å². The Balaban J connectivity index is 2.11. The molecule has 6 heteroatoms. The first-order chi connectivity index (χ1) is 11.2. The largest absolute Gasteiger partial charge is 0.497 e. The summed E-state index contributed by atoms with van der Waals surface area (Å²) >= 11 is 0. The average molecular weight is 314 g/mol. The molecule has 2 aromatic carbocycles. The van der Waals surface area contributed by atoms with E-state index >= 15 is 0 Å². The van der Waals surface area contributed by atoms with Gasteiger partial charge in [-0.05, 0) is 24.3 Å². The van der Waals surface area contributed by atoms with Crippen LogP contribution in [0.5, 0.6) is 17.2 Å². The van der Waals surface area contributed by atoms with Crippen LogP contribution in [-0.4, -0.2) is 33.5 Å². The SMILES string of the molecule is COc1ccc(C=NNC(=O)c2ccccc2OC)c(OC)c1. The third-order valence-corrected chi connectivity index (χ3v) is 3.16. The second kappa shape index (κ2) is 7.84. The van der Waals surface area contributed by atoms with Crippen molar-refractivity contribution in [2.75, 3.05) is 21.3 Å². The van der Waals surface area contributed by atoms with Crippen molar-refractivity contribution < 1.29 is 19.0 Å². The molecule has 0 bridgehead atoms. The molecule has 2 rings (SSSR count). The molecule has 0 saturated carbocycles. The number of carbonyl (C=O) groups is 1. The zero-order chi connectivity index (χ0) is 16.7. The lowest BCUT2D eigenvalue weighted by Gasteiger charge is -2.07. The second-order valence-electron chi connectivity index (χ2n) is 4.51. The van der Waals surface area contributed by atoms with E-state index in [1.165, 1.54) is 13.3 Å². The normalized spacial score (nSPS) is 10.4. The Morgan fingerprint density at radius 1 is 1.00 bits per heavy atom. The van der Waals surface area contributed by atoms with Gasteiger partial charge in [0.05, 0.1) is 33.1 Å². The minimum absolute atomic E-state index is 0.355. The third-order valence-electron chi connectivity index (χ3n) is 3.16. The van der Waals surface area contributed by atoms with Gasteiger partial charge in [-0.2, -0.15) is 5.10 Å². The number of para-hydroxylation sites is 1. The summed E-state index contributed by atoms with van der Waals surface area (Å²) < 4.78 is 15.5. The van der Waals surface area contributed by atoms with Crippen molar-refractivity contribution in [1.29, 1.82) is 0 Å². The van der Waals surface area contributed by atoms with Crippen molar-refractivity contribution in [3.05, 3.63) is 53.6 Å². The number of hydrazone groups is 1. The molecule has 0 radical (unpaired) electrons. The van der Waals surface area contributed by atoms with Gasteiger partial charge in [0.1, 0.15) is 17.2 Å². The quantitative estimate of drug-likeness (QED) is 0.657. The number of nitrogens with one attached hydrogen (secondary N) is 1. The topological polar surface area (TPSA) is 69.2 Å². The Morgan fingerprint density at radius 2 is 1.74 bits per heavy atom. The summed E-state index contributed by atoms with van der Waals surface area (Å²) in [6.07, 6.45) is 1.51. The van der Waals surface area contributed by atoms with Crippen LogP contribution in [0, 0.1) is 0 Å². The van der Waals surface area contributed by atoms with E-state index in [-0.39, 0.29) is 5.91 Å². The van der Waals surface area contributed by atoms with Crippen LogP contribution in [0.2, 0.25) is 0 Å². The minimum atomic E-state index is -0.355. The first kappa shape index (κ1) is 16.4. The molecule has 0 aliphatic rings. The van der Waals surface area contributed by atoms with Crippen LogP contribution in [0.3, 0.4) is 0 Å².